The quantitative estimate of drug-likeness (QED) is 0.926. The molecule has 0 amide bonds. The van der Waals surface area contributed by atoms with Crippen LogP contribution in [0.5, 0.6) is 5.75 Å². The van der Waals surface area contributed by atoms with Gasteiger partial charge < -0.3 is 9.84 Å². The molecule has 3 nitrogen and oxygen atoms in total. The number of rotatable bonds is 4. The molecule has 0 aliphatic carbocycles. The Labute approximate surface area is 114 Å². The average molecular weight is 278 g/mol. The van der Waals surface area contributed by atoms with Crippen molar-refractivity contribution in [2.24, 2.45) is 0 Å². The highest BCUT2D eigenvalue weighted by molar-refractivity contribution is 7.99. The maximum absolute atomic E-state index is 13.7. The van der Waals surface area contributed by atoms with Gasteiger partial charge in [-0.3, -0.25) is 0 Å². The number of aromatic carboxylic acids is 1. The molecule has 0 radical (unpaired) electrons. The van der Waals surface area contributed by atoms with E-state index in [0.29, 0.717) is 0 Å². The number of halogens is 1. The van der Waals surface area contributed by atoms with Crippen molar-refractivity contribution in [2.75, 3.05) is 7.11 Å². The molecule has 0 aromatic heterocycles. The van der Waals surface area contributed by atoms with Crippen LogP contribution < -0.4 is 4.74 Å². The van der Waals surface area contributed by atoms with E-state index in [1.165, 1.54) is 13.2 Å². The highest BCUT2D eigenvalue weighted by atomic mass is 32.2. The predicted molar refractivity (Wildman–Crippen MR) is 70.5 cm³/mol. The van der Waals surface area contributed by atoms with E-state index in [4.69, 9.17) is 9.84 Å². The lowest BCUT2D eigenvalue weighted by Gasteiger charge is -2.11. The molecule has 2 aromatic carbocycles. The first-order chi connectivity index (χ1) is 9.13. The zero-order chi connectivity index (χ0) is 13.8. The number of carboxylic acid groups (broad SMARTS) is 1. The van der Waals surface area contributed by atoms with Gasteiger partial charge in [0.2, 0.25) is 0 Å². The normalized spacial score (nSPS) is 10.2. The minimum absolute atomic E-state index is 0.0205. The summed E-state index contributed by atoms with van der Waals surface area (Å²) >= 11 is 1.16. The molecule has 0 saturated heterocycles. The third kappa shape index (κ3) is 2.88. The molecule has 0 fully saturated rings. The number of benzene rings is 2. The first kappa shape index (κ1) is 13.4. The van der Waals surface area contributed by atoms with Gasteiger partial charge in [0, 0.05) is 4.90 Å². The van der Waals surface area contributed by atoms with Crippen molar-refractivity contribution in [1.82, 2.24) is 0 Å². The Bertz CT molecular complexity index is 599. The minimum atomic E-state index is -1.11. The molecule has 0 bridgehead atoms. The SMILES string of the molecule is COc1c(F)ccc(C(=O)O)c1Sc1ccccc1. The Balaban J connectivity index is 2.52. The van der Waals surface area contributed by atoms with Crippen LogP contribution >= 0.6 is 11.8 Å². The van der Waals surface area contributed by atoms with Gasteiger partial charge in [0.25, 0.3) is 0 Å². The first-order valence-corrected chi connectivity index (χ1v) is 6.28. The molecular weight excluding hydrogens is 267 g/mol. The summed E-state index contributed by atoms with van der Waals surface area (Å²) in [7, 11) is 1.32. The maximum Gasteiger partial charge on any atom is 0.336 e. The number of ether oxygens (including phenoxy) is 1. The monoisotopic (exact) mass is 278 g/mol. The van der Waals surface area contributed by atoms with E-state index >= 15 is 0 Å². The second kappa shape index (κ2) is 5.75. The van der Waals surface area contributed by atoms with Crippen LogP contribution in [-0.2, 0) is 0 Å². The van der Waals surface area contributed by atoms with E-state index in [1.807, 2.05) is 30.3 Å². The summed E-state index contributed by atoms with van der Waals surface area (Å²) in [6, 6.07) is 11.5. The summed E-state index contributed by atoms with van der Waals surface area (Å²) in [6.07, 6.45) is 0. The molecule has 0 spiro atoms. The third-order valence-electron chi connectivity index (χ3n) is 2.46. The number of methoxy groups -OCH3 is 1. The Kier molecular flexibility index (Phi) is 4.06. The molecule has 0 unspecified atom stereocenters. The van der Waals surface area contributed by atoms with Crippen LogP contribution in [0.1, 0.15) is 10.4 Å². The fraction of sp³-hybridized carbons (Fsp3) is 0.0714. The standard InChI is InChI=1S/C14H11FO3S/c1-18-12-11(15)8-7-10(14(16)17)13(12)19-9-5-3-2-4-6-9/h2-8H,1H3,(H,16,17). The Morgan fingerprint density at radius 1 is 1.21 bits per heavy atom. The van der Waals surface area contributed by atoms with Gasteiger partial charge in [0.1, 0.15) is 0 Å². The zero-order valence-electron chi connectivity index (χ0n) is 10.1. The Morgan fingerprint density at radius 2 is 1.89 bits per heavy atom. The van der Waals surface area contributed by atoms with Crippen molar-refractivity contribution in [2.45, 2.75) is 9.79 Å². The fourth-order valence-corrected chi connectivity index (χ4v) is 2.67. The number of hydrogen-bond donors (Lipinski definition) is 1. The second-order valence-electron chi connectivity index (χ2n) is 3.68. The summed E-state index contributed by atoms with van der Waals surface area (Å²) in [5, 5.41) is 9.16. The van der Waals surface area contributed by atoms with Gasteiger partial charge in [-0.1, -0.05) is 30.0 Å². The van der Waals surface area contributed by atoms with Crippen molar-refractivity contribution < 1.29 is 19.0 Å². The minimum Gasteiger partial charge on any atom is -0.492 e. The largest absolute Gasteiger partial charge is 0.492 e. The van der Waals surface area contributed by atoms with E-state index in [-0.39, 0.29) is 16.2 Å². The molecule has 98 valence electrons. The summed E-state index contributed by atoms with van der Waals surface area (Å²) < 4.78 is 18.6. The van der Waals surface area contributed by atoms with Crippen molar-refractivity contribution >= 4 is 17.7 Å². The Hall–Kier alpha value is -2.01. The molecule has 5 heteroatoms. The van der Waals surface area contributed by atoms with Crippen molar-refractivity contribution in [1.29, 1.82) is 0 Å². The number of carboxylic acids is 1. The van der Waals surface area contributed by atoms with Crippen LogP contribution in [0, 0.1) is 5.82 Å². The van der Waals surface area contributed by atoms with Crippen LogP contribution in [0.3, 0.4) is 0 Å². The van der Waals surface area contributed by atoms with Crippen LogP contribution in [0.2, 0.25) is 0 Å². The van der Waals surface area contributed by atoms with Gasteiger partial charge in [-0.15, -0.1) is 0 Å². The van der Waals surface area contributed by atoms with Gasteiger partial charge in [0.05, 0.1) is 17.6 Å². The topological polar surface area (TPSA) is 46.5 Å². The van der Waals surface area contributed by atoms with Crippen LogP contribution in [0.25, 0.3) is 0 Å². The van der Waals surface area contributed by atoms with E-state index in [9.17, 15) is 9.18 Å². The fourth-order valence-electron chi connectivity index (χ4n) is 1.60. The first-order valence-electron chi connectivity index (χ1n) is 5.46. The van der Waals surface area contributed by atoms with Crippen molar-refractivity contribution in [3.63, 3.8) is 0 Å². The summed E-state index contributed by atoms with van der Waals surface area (Å²) in [6.45, 7) is 0. The molecule has 0 aliphatic heterocycles. The van der Waals surface area contributed by atoms with Gasteiger partial charge in [-0.05, 0) is 24.3 Å². The lowest BCUT2D eigenvalue weighted by molar-refractivity contribution is 0.0692. The van der Waals surface area contributed by atoms with E-state index in [0.717, 1.165) is 22.7 Å². The molecule has 0 atom stereocenters. The van der Waals surface area contributed by atoms with Crippen LogP contribution in [0.15, 0.2) is 52.3 Å². The molecule has 2 rings (SSSR count). The van der Waals surface area contributed by atoms with Gasteiger partial charge in [-0.2, -0.15) is 0 Å². The van der Waals surface area contributed by atoms with Crippen LogP contribution in [-0.4, -0.2) is 18.2 Å². The highest BCUT2D eigenvalue weighted by Gasteiger charge is 2.19. The number of carbonyl (C=O) groups is 1. The lowest BCUT2D eigenvalue weighted by Crippen LogP contribution is -2.02. The third-order valence-corrected chi connectivity index (χ3v) is 3.58. The number of hydrogen-bond acceptors (Lipinski definition) is 3. The summed E-state index contributed by atoms with van der Waals surface area (Å²) in [4.78, 5) is 12.3. The maximum atomic E-state index is 13.7. The molecule has 0 aliphatic rings. The van der Waals surface area contributed by atoms with Gasteiger partial charge in [0.15, 0.2) is 11.6 Å². The van der Waals surface area contributed by atoms with E-state index in [2.05, 4.69) is 0 Å². The van der Waals surface area contributed by atoms with Gasteiger partial charge >= 0.3 is 5.97 Å². The average Bonchev–Trinajstić information content (AvgIpc) is 2.40. The second-order valence-corrected chi connectivity index (χ2v) is 4.76. The van der Waals surface area contributed by atoms with E-state index in [1.54, 1.807) is 0 Å². The molecule has 2 aromatic rings. The molecule has 1 N–H and O–H groups in total. The van der Waals surface area contributed by atoms with Gasteiger partial charge in [-0.25, -0.2) is 9.18 Å². The molecule has 0 saturated carbocycles. The molecule has 0 heterocycles. The smallest absolute Gasteiger partial charge is 0.336 e. The summed E-state index contributed by atoms with van der Waals surface area (Å²) in [5.74, 6) is -1.74. The predicted octanol–water partition coefficient (Wildman–Crippen LogP) is 3.68. The summed E-state index contributed by atoms with van der Waals surface area (Å²) in [5.41, 5.74) is 0.0205. The lowest BCUT2D eigenvalue weighted by atomic mass is 10.2. The van der Waals surface area contributed by atoms with Crippen molar-refractivity contribution in [3.05, 3.63) is 53.8 Å². The zero-order valence-corrected chi connectivity index (χ0v) is 10.9. The molecular formula is C14H11FO3S. The molecule has 19 heavy (non-hydrogen) atoms. The highest BCUT2D eigenvalue weighted by Crippen LogP contribution is 2.39. The Morgan fingerprint density at radius 3 is 2.47 bits per heavy atom. The van der Waals surface area contributed by atoms with E-state index < -0.39 is 11.8 Å². The van der Waals surface area contributed by atoms with Crippen LogP contribution in [0.4, 0.5) is 4.39 Å². The van der Waals surface area contributed by atoms with Crippen molar-refractivity contribution in [3.8, 4) is 5.75 Å².